The lowest BCUT2D eigenvalue weighted by Gasteiger charge is -2.07. The van der Waals surface area contributed by atoms with Crippen LogP contribution in [0.2, 0.25) is 0 Å². The number of hydrogen-bond acceptors (Lipinski definition) is 5. The van der Waals surface area contributed by atoms with E-state index in [4.69, 9.17) is 4.42 Å². The molecule has 0 aromatic carbocycles. The normalized spacial score (nSPS) is 11.2. The molecule has 0 aliphatic rings. The third-order valence-corrected chi connectivity index (χ3v) is 4.19. The first-order valence-electron chi connectivity index (χ1n) is 8.30. The fourth-order valence-corrected chi connectivity index (χ4v) is 2.96. The molecule has 132 valence electrons. The van der Waals surface area contributed by atoms with E-state index in [-0.39, 0.29) is 5.91 Å². The molecular weight excluding hydrogens is 332 g/mol. The number of carbonyl (C=O) groups excluding carboxylic acids is 1. The summed E-state index contributed by atoms with van der Waals surface area (Å²) in [5, 5.41) is 12.3. The van der Waals surface area contributed by atoms with Crippen LogP contribution in [0.1, 0.15) is 23.0 Å². The van der Waals surface area contributed by atoms with Crippen molar-refractivity contribution < 1.29 is 9.21 Å². The monoisotopic (exact) mass is 350 g/mol. The van der Waals surface area contributed by atoms with Crippen molar-refractivity contribution in [1.82, 2.24) is 24.5 Å². The second-order valence-electron chi connectivity index (χ2n) is 5.95. The van der Waals surface area contributed by atoms with Crippen LogP contribution in [0, 0.1) is 6.92 Å². The zero-order valence-electron chi connectivity index (χ0n) is 14.7. The summed E-state index contributed by atoms with van der Waals surface area (Å²) in [6, 6.07) is 7.08. The first-order chi connectivity index (χ1) is 12.6. The molecule has 0 aliphatic heterocycles. The van der Waals surface area contributed by atoms with Gasteiger partial charge in [-0.25, -0.2) is 4.98 Å². The summed E-state index contributed by atoms with van der Waals surface area (Å²) in [7, 11) is 1.80. The minimum atomic E-state index is -0.261. The zero-order chi connectivity index (χ0) is 18.3. The molecule has 8 nitrogen and oxygen atoms in total. The average molecular weight is 350 g/mol. The first kappa shape index (κ1) is 16.1. The van der Waals surface area contributed by atoms with E-state index in [2.05, 4.69) is 20.5 Å². The molecule has 0 bridgehead atoms. The number of hydrogen-bond donors (Lipinski definition) is 1. The Labute approximate surface area is 149 Å². The van der Waals surface area contributed by atoms with Gasteiger partial charge in [0.2, 0.25) is 0 Å². The average Bonchev–Trinajstić information content (AvgIpc) is 3.36. The van der Waals surface area contributed by atoms with Gasteiger partial charge in [0, 0.05) is 25.9 Å². The number of anilines is 1. The summed E-state index contributed by atoms with van der Waals surface area (Å²) < 4.78 is 8.86. The van der Waals surface area contributed by atoms with Gasteiger partial charge in [0.05, 0.1) is 22.9 Å². The number of fused-ring (bicyclic) bond motifs is 1. The van der Waals surface area contributed by atoms with Crippen molar-refractivity contribution in [3.05, 3.63) is 48.0 Å². The van der Waals surface area contributed by atoms with E-state index < -0.39 is 0 Å². The Hall–Kier alpha value is -3.42. The summed E-state index contributed by atoms with van der Waals surface area (Å²) in [6.45, 7) is 4.58. The predicted molar refractivity (Wildman–Crippen MR) is 96.8 cm³/mol. The van der Waals surface area contributed by atoms with Crippen molar-refractivity contribution in [2.75, 3.05) is 5.32 Å². The number of aryl methyl sites for hydroxylation is 3. The Bertz CT molecular complexity index is 1090. The second kappa shape index (κ2) is 6.14. The van der Waals surface area contributed by atoms with E-state index in [0.717, 1.165) is 17.6 Å². The second-order valence-corrected chi connectivity index (χ2v) is 5.95. The maximum atomic E-state index is 13.0. The Morgan fingerprint density at radius 1 is 1.31 bits per heavy atom. The largest absolute Gasteiger partial charge is 0.463 e. The van der Waals surface area contributed by atoms with Crippen molar-refractivity contribution >= 4 is 22.8 Å². The van der Waals surface area contributed by atoms with Gasteiger partial charge in [-0.2, -0.15) is 10.2 Å². The van der Waals surface area contributed by atoms with Gasteiger partial charge in [0.1, 0.15) is 5.69 Å². The number of nitrogens with one attached hydrogen (secondary N) is 1. The van der Waals surface area contributed by atoms with Crippen LogP contribution in [-0.4, -0.2) is 30.5 Å². The molecule has 0 radical (unpaired) electrons. The third-order valence-electron chi connectivity index (χ3n) is 4.19. The zero-order valence-corrected chi connectivity index (χ0v) is 14.7. The minimum absolute atomic E-state index is 0.261. The van der Waals surface area contributed by atoms with Gasteiger partial charge in [-0.05, 0) is 32.0 Å². The molecule has 0 aliphatic carbocycles. The Morgan fingerprint density at radius 2 is 2.15 bits per heavy atom. The van der Waals surface area contributed by atoms with Crippen molar-refractivity contribution in [2.45, 2.75) is 20.4 Å². The molecule has 0 atom stereocenters. The standard InChI is InChI=1S/C18H18N6O2/c1-4-24-8-7-15(22-24)20-18(25)12-10-13(14-6-5-9-26-14)19-17-16(12)11(2)21-23(17)3/h5-10H,4H2,1-3H3,(H,20,22,25). The van der Waals surface area contributed by atoms with Gasteiger partial charge in [0.25, 0.3) is 5.91 Å². The maximum absolute atomic E-state index is 13.0. The SMILES string of the molecule is CCn1ccc(NC(=O)c2cc(-c3ccco3)nc3c2c(C)nn3C)n1. The number of furan rings is 1. The number of rotatable bonds is 4. The first-order valence-corrected chi connectivity index (χ1v) is 8.30. The molecule has 0 spiro atoms. The van der Waals surface area contributed by atoms with Crippen LogP contribution in [0.3, 0.4) is 0 Å². The molecule has 8 heteroatoms. The number of nitrogens with zero attached hydrogens (tertiary/aromatic N) is 5. The number of carbonyl (C=O) groups is 1. The molecule has 4 rings (SSSR count). The lowest BCUT2D eigenvalue weighted by atomic mass is 10.1. The summed E-state index contributed by atoms with van der Waals surface area (Å²) in [5.41, 5.74) is 2.43. The van der Waals surface area contributed by atoms with E-state index in [9.17, 15) is 4.79 Å². The van der Waals surface area contributed by atoms with E-state index in [1.54, 1.807) is 40.9 Å². The van der Waals surface area contributed by atoms with E-state index >= 15 is 0 Å². The molecule has 1 amide bonds. The summed E-state index contributed by atoms with van der Waals surface area (Å²) >= 11 is 0. The van der Waals surface area contributed by atoms with Crippen molar-refractivity contribution in [2.24, 2.45) is 7.05 Å². The molecule has 0 unspecified atom stereocenters. The highest BCUT2D eigenvalue weighted by Gasteiger charge is 2.20. The van der Waals surface area contributed by atoms with Gasteiger partial charge >= 0.3 is 0 Å². The van der Waals surface area contributed by atoms with Gasteiger partial charge in [0.15, 0.2) is 17.2 Å². The topological polar surface area (TPSA) is 90.8 Å². The molecule has 26 heavy (non-hydrogen) atoms. The summed E-state index contributed by atoms with van der Waals surface area (Å²) in [6.07, 6.45) is 3.40. The lowest BCUT2D eigenvalue weighted by Crippen LogP contribution is -2.14. The lowest BCUT2D eigenvalue weighted by molar-refractivity contribution is 0.102. The van der Waals surface area contributed by atoms with Crippen molar-refractivity contribution in [3.63, 3.8) is 0 Å². The summed E-state index contributed by atoms with van der Waals surface area (Å²) in [4.78, 5) is 17.6. The number of aromatic nitrogens is 5. The minimum Gasteiger partial charge on any atom is -0.463 e. The fourth-order valence-electron chi connectivity index (χ4n) is 2.96. The quantitative estimate of drug-likeness (QED) is 0.611. The maximum Gasteiger partial charge on any atom is 0.257 e. The smallest absolute Gasteiger partial charge is 0.257 e. The highest BCUT2D eigenvalue weighted by Crippen LogP contribution is 2.27. The highest BCUT2D eigenvalue weighted by atomic mass is 16.3. The molecule has 0 saturated heterocycles. The Balaban J connectivity index is 1.82. The molecular formula is C18H18N6O2. The Kier molecular flexibility index (Phi) is 3.80. The van der Waals surface area contributed by atoms with Gasteiger partial charge < -0.3 is 9.73 Å². The van der Waals surface area contributed by atoms with Crippen LogP contribution >= 0.6 is 0 Å². The highest BCUT2D eigenvalue weighted by molar-refractivity contribution is 6.13. The predicted octanol–water partition coefficient (Wildman–Crippen LogP) is 3.01. The van der Waals surface area contributed by atoms with E-state index in [1.807, 2.05) is 26.1 Å². The van der Waals surface area contributed by atoms with E-state index in [0.29, 0.717) is 28.5 Å². The Morgan fingerprint density at radius 3 is 2.85 bits per heavy atom. The van der Waals surface area contributed by atoms with Crippen LogP contribution in [0.5, 0.6) is 0 Å². The fraction of sp³-hybridized carbons (Fsp3) is 0.222. The molecule has 0 saturated carbocycles. The number of pyridine rings is 1. The van der Waals surface area contributed by atoms with Crippen molar-refractivity contribution in [3.8, 4) is 11.5 Å². The van der Waals surface area contributed by atoms with Crippen LogP contribution in [-0.2, 0) is 13.6 Å². The van der Waals surface area contributed by atoms with Gasteiger partial charge in [-0.1, -0.05) is 0 Å². The number of amides is 1. The third kappa shape index (κ3) is 2.65. The van der Waals surface area contributed by atoms with Gasteiger partial charge in [-0.3, -0.25) is 14.2 Å². The van der Waals surface area contributed by atoms with E-state index in [1.165, 1.54) is 0 Å². The molecule has 1 N–H and O–H groups in total. The summed E-state index contributed by atoms with van der Waals surface area (Å²) in [5.74, 6) is 0.834. The van der Waals surface area contributed by atoms with Crippen LogP contribution < -0.4 is 5.32 Å². The van der Waals surface area contributed by atoms with Crippen LogP contribution in [0.15, 0.2) is 41.1 Å². The van der Waals surface area contributed by atoms with Crippen LogP contribution in [0.25, 0.3) is 22.5 Å². The van der Waals surface area contributed by atoms with Crippen LogP contribution in [0.4, 0.5) is 5.82 Å². The van der Waals surface area contributed by atoms with Crippen molar-refractivity contribution in [1.29, 1.82) is 0 Å². The molecule has 4 aromatic heterocycles. The molecule has 0 fully saturated rings. The van der Waals surface area contributed by atoms with Gasteiger partial charge in [-0.15, -0.1) is 0 Å². The molecule has 4 aromatic rings. The molecule has 4 heterocycles.